The number of benzene rings is 1. The summed E-state index contributed by atoms with van der Waals surface area (Å²) in [5.74, 6) is 1.43. The zero-order valence-electron chi connectivity index (χ0n) is 11.5. The van der Waals surface area contributed by atoms with Gasteiger partial charge in [-0.3, -0.25) is 0 Å². The van der Waals surface area contributed by atoms with Gasteiger partial charge >= 0.3 is 0 Å². The maximum atomic E-state index is 6.01. The van der Waals surface area contributed by atoms with E-state index in [1.807, 2.05) is 18.2 Å². The Morgan fingerprint density at radius 3 is 2.58 bits per heavy atom. The minimum Gasteiger partial charge on any atom is -0.339 e. The van der Waals surface area contributed by atoms with Gasteiger partial charge in [-0.2, -0.15) is 4.98 Å². The molecule has 102 valence electrons. The molecule has 4 nitrogen and oxygen atoms in total. The van der Waals surface area contributed by atoms with Crippen LogP contribution < -0.4 is 5.73 Å². The van der Waals surface area contributed by atoms with E-state index >= 15 is 0 Å². The van der Waals surface area contributed by atoms with Gasteiger partial charge in [0.1, 0.15) is 0 Å². The third kappa shape index (κ3) is 3.20. The third-order valence-electron chi connectivity index (χ3n) is 3.30. The van der Waals surface area contributed by atoms with E-state index in [1.54, 1.807) is 0 Å². The summed E-state index contributed by atoms with van der Waals surface area (Å²) in [7, 11) is 0. The Morgan fingerprint density at radius 2 is 1.95 bits per heavy atom. The summed E-state index contributed by atoms with van der Waals surface area (Å²) in [6.45, 7) is 4.22. The lowest BCUT2D eigenvalue weighted by molar-refractivity contribution is 0.355. The third-order valence-corrected chi connectivity index (χ3v) is 3.30. The Balaban J connectivity index is 2.21. The highest BCUT2D eigenvalue weighted by Gasteiger charge is 2.21. The van der Waals surface area contributed by atoms with Crippen LogP contribution in [0.1, 0.15) is 62.3 Å². The molecule has 2 aromatic rings. The normalized spacial score (nSPS) is 14.3. The molecule has 1 aromatic carbocycles. The molecule has 1 aromatic heterocycles. The van der Waals surface area contributed by atoms with Gasteiger partial charge in [0, 0.05) is 0 Å². The molecule has 0 saturated carbocycles. The van der Waals surface area contributed by atoms with Crippen LogP contribution in [0.2, 0.25) is 0 Å². The van der Waals surface area contributed by atoms with E-state index < -0.39 is 0 Å². The number of hydrogen-bond donors (Lipinski definition) is 1. The van der Waals surface area contributed by atoms with E-state index in [0.29, 0.717) is 11.7 Å². The highest BCUT2D eigenvalue weighted by atomic mass is 16.5. The summed E-state index contributed by atoms with van der Waals surface area (Å²) in [5, 5.41) is 4.02. The molecule has 2 N–H and O–H groups in total. The molecule has 2 unspecified atom stereocenters. The molecule has 0 amide bonds. The molecule has 0 fully saturated rings. The van der Waals surface area contributed by atoms with E-state index in [9.17, 15) is 0 Å². The van der Waals surface area contributed by atoms with Gasteiger partial charge < -0.3 is 10.3 Å². The van der Waals surface area contributed by atoms with Crippen LogP contribution in [-0.4, -0.2) is 10.1 Å². The van der Waals surface area contributed by atoms with Crippen molar-refractivity contribution in [2.24, 2.45) is 5.73 Å². The maximum Gasteiger partial charge on any atom is 0.234 e. The van der Waals surface area contributed by atoms with E-state index in [-0.39, 0.29) is 12.0 Å². The molecule has 0 radical (unpaired) electrons. The summed E-state index contributed by atoms with van der Waals surface area (Å²) in [6, 6.07) is 10.1. The fourth-order valence-corrected chi connectivity index (χ4v) is 2.22. The van der Waals surface area contributed by atoms with Gasteiger partial charge in [-0.1, -0.05) is 55.8 Å². The van der Waals surface area contributed by atoms with Gasteiger partial charge in [-0.05, 0) is 18.4 Å². The second-order valence-electron chi connectivity index (χ2n) is 4.76. The number of hydrogen-bond acceptors (Lipinski definition) is 4. The SMILES string of the molecule is CCCC(N)c1noc(C(CC)c2ccccc2)n1. The Hall–Kier alpha value is -1.68. The van der Waals surface area contributed by atoms with E-state index in [2.05, 4.69) is 36.1 Å². The number of nitrogens with zero attached hydrogens (tertiary/aromatic N) is 2. The molecule has 0 aliphatic heterocycles. The molecule has 2 rings (SSSR count). The van der Waals surface area contributed by atoms with Gasteiger partial charge in [-0.15, -0.1) is 0 Å². The van der Waals surface area contributed by atoms with Gasteiger partial charge in [0.2, 0.25) is 5.89 Å². The standard InChI is InChI=1S/C15H21N3O/c1-3-8-13(16)14-17-15(19-18-14)12(4-2)11-9-6-5-7-10-11/h5-7,9-10,12-13H,3-4,8,16H2,1-2H3. The highest BCUT2D eigenvalue weighted by Crippen LogP contribution is 2.27. The van der Waals surface area contributed by atoms with Gasteiger partial charge in [0.25, 0.3) is 0 Å². The minimum atomic E-state index is -0.129. The molecule has 19 heavy (non-hydrogen) atoms. The van der Waals surface area contributed by atoms with E-state index in [0.717, 1.165) is 19.3 Å². The topological polar surface area (TPSA) is 64.9 Å². The Kier molecular flexibility index (Phi) is 4.68. The summed E-state index contributed by atoms with van der Waals surface area (Å²) < 4.78 is 5.40. The average molecular weight is 259 g/mol. The Morgan fingerprint density at radius 1 is 1.21 bits per heavy atom. The molecule has 1 heterocycles. The Labute approximate surface area is 114 Å². The molecule has 0 bridgehead atoms. The summed E-state index contributed by atoms with van der Waals surface area (Å²) in [5.41, 5.74) is 7.21. The first kappa shape index (κ1) is 13.7. The zero-order chi connectivity index (χ0) is 13.7. The molecule has 0 spiro atoms. The Bertz CT molecular complexity index is 495. The first-order chi connectivity index (χ1) is 9.26. The van der Waals surface area contributed by atoms with Gasteiger partial charge in [0.15, 0.2) is 5.82 Å². The number of nitrogens with two attached hydrogens (primary N) is 1. The lowest BCUT2D eigenvalue weighted by Crippen LogP contribution is -2.11. The molecule has 0 aliphatic rings. The maximum absolute atomic E-state index is 6.01. The quantitative estimate of drug-likeness (QED) is 0.863. The highest BCUT2D eigenvalue weighted by molar-refractivity contribution is 5.24. The van der Waals surface area contributed by atoms with E-state index in [4.69, 9.17) is 10.3 Å². The van der Waals surface area contributed by atoms with Crippen LogP contribution >= 0.6 is 0 Å². The fraction of sp³-hybridized carbons (Fsp3) is 0.467. The van der Waals surface area contributed by atoms with Crippen LogP contribution in [-0.2, 0) is 0 Å². The molecule has 0 aliphatic carbocycles. The van der Waals surface area contributed by atoms with Crippen molar-refractivity contribution < 1.29 is 4.52 Å². The fourth-order valence-electron chi connectivity index (χ4n) is 2.22. The van der Waals surface area contributed by atoms with Gasteiger partial charge in [0.05, 0.1) is 12.0 Å². The number of aromatic nitrogens is 2. The molecule has 0 saturated heterocycles. The molecular weight excluding hydrogens is 238 g/mol. The largest absolute Gasteiger partial charge is 0.339 e. The van der Waals surface area contributed by atoms with Crippen molar-refractivity contribution in [1.29, 1.82) is 0 Å². The smallest absolute Gasteiger partial charge is 0.234 e. The molecule has 2 atom stereocenters. The van der Waals surface area contributed by atoms with Crippen molar-refractivity contribution in [2.45, 2.75) is 45.1 Å². The first-order valence-corrected chi connectivity index (χ1v) is 6.90. The predicted molar refractivity (Wildman–Crippen MR) is 74.7 cm³/mol. The summed E-state index contributed by atoms with van der Waals surface area (Å²) in [6.07, 6.45) is 2.82. The molecular formula is C15H21N3O. The average Bonchev–Trinajstić information content (AvgIpc) is 2.91. The van der Waals surface area contributed by atoms with Crippen molar-refractivity contribution in [3.8, 4) is 0 Å². The van der Waals surface area contributed by atoms with Crippen LogP contribution in [0.15, 0.2) is 34.9 Å². The van der Waals surface area contributed by atoms with Crippen molar-refractivity contribution in [2.75, 3.05) is 0 Å². The van der Waals surface area contributed by atoms with Crippen LogP contribution in [0.4, 0.5) is 0 Å². The molecule has 4 heteroatoms. The van der Waals surface area contributed by atoms with Gasteiger partial charge in [-0.25, -0.2) is 0 Å². The monoisotopic (exact) mass is 259 g/mol. The van der Waals surface area contributed by atoms with Crippen LogP contribution in [0.5, 0.6) is 0 Å². The summed E-state index contributed by atoms with van der Waals surface area (Å²) >= 11 is 0. The summed E-state index contributed by atoms with van der Waals surface area (Å²) in [4.78, 5) is 4.47. The minimum absolute atomic E-state index is 0.129. The zero-order valence-corrected chi connectivity index (χ0v) is 11.5. The second-order valence-corrected chi connectivity index (χ2v) is 4.76. The predicted octanol–water partition coefficient (Wildman–Crippen LogP) is 3.41. The van der Waals surface area contributed by atoms with Crippen LogP contribution in [0, 0.1) is 0 Å². The first-order valence-electron chi connectivity index (χ1n) is 6.90. The van der Waals surface area contributed by atoms with E-state index in [1.165, 1.54) is 5.56 Å². The lowest BCUT2D eigenvalue weighted by atomic mass is 9.96. The van der Waals surface area contributed by atoms with Crippen molar-refractivity contribution in [3.05, 3.63) is 47.6 Å². The van der Waals surface area contributed by atoms with Crippen LogP contribution in [0.3, 0.4) is 0 Å². The lowest BCUT2D eigenvalue weighted by Gasteiger charge is -2.10. The van der Waals surface area contributed by atoms with Crippen molar-refractivity contribution in [3.63, 3.8) is 0 Å². The second kappa shape index (κ2) is 6.48. The number of rotatable bonds is 6. The van der Waals surface area contributed by atoms with Crippen molar-refractivity contribution >= 4 is 0 Å². The van der Waals surface area contributed by atoms with Crippen molar-refractivity contribution in [1.82, 2.24) is 10.1 Å². The van der Waals surface area contributed by atoms with Crippen LogP contribution in [0.25, 0.3) is 0 Å².